The summed E-state index contributed by atoms with van der Waals surface area (Å²) in [6.45, 7) is 0.847. The molecule has 18 heavy (non-hydrogen) atoms. The maximum Gasteiger partial charge on any atom is 0.0481 e. The number of ether oxygens (including phenoxy) is 1. The van der Waals surface area contributed by atoms with Gasteiger partial charge < -0.3 is 10.1 Å². The highest BCUT2D eigenvalue weighted by atomic mass is 16.5. The highest BCUT2D eigenvalue weighted by Gasteiger charge is 2.27. The van der Waals surface area contributed by atoms with Crippen LogP contribution in [0.25, 0.3) is 0 Å². The zero-order chi connectivity index (χ0) is 12.8. The minimum Gasteiger partial charge on any atom is -0.385 e. The van der Waals surface area contributed by atoms with E-state index in [0.29, 0.717) is 12.0 Å². The highest BCUT2D eigenvalue weighted by Crippen LogP contribution is 2.33. The zero-order valence-corrected chi connectivity index (χ0v) is 11.5. The number of hydrogen-bond acceptors (Lipinski definition) is 3. The monoisotopic (exact) mass is 248 g/mol. The van der Waals surface area contributed by atoms with E-state index >= 15 is 0 Å². The zero-order valence-electron chi connectivity index (χ0n) is 11.5. The molecule has 1 aliphatic rings. The Morgan fingerprint density at radius 2 is 2.44 bits per heavy atom. The van der Waals surface area contributed by atoms with Crippen LogP contribution in [0.5, 0.6) is 0 Å². The van der Waals surface area contributed by atoms with Crippen molar-refractivity contribution in [2.75, 3.05) is 20.8 Å². The van der Waals surface area contributed by atoms with Crippen LogP contribution in [0.1, 0.15) is 42.9 Å². The van der Waals surface area contributed by atoms with Crippen LogP contribution in [-0.2, 0) is 11.2 Å². The van der Waals surface area contributed by atoms with E-state index in [1.165, 1.54) is 30.5 Å². The number of rotatable bonds is 6. The molecular weight excluding hydrogens is 224 g/mol. The van der Waals surface area contributed by atoms with E-state index in [9.17, 15) is 0 Å². The van der Waals surface area contributed by atoms with Gasteiger partial charge in [-0.2, -0.15) is 0 Å². The standard InChI is InChI=1S/C15H24N2O/c1-16-14(9-5-11-18-2)13-8-3-6-12-7-4-10-17-15(12)13/h4,7,10,13-14,16H,3,5-6,8-9,11H2,1-2H3. The Kier molecular flexibility index (Phi) is 5.14. The first kappa shape index (κ1) is 13.5. The summed E-state index contributed by atoms with van der Waals surface area (Å²) in [7, 11) is 3.83. The number of hydrogen-bond donors (Lipinski definition) is 1. The molecular formula is C15H24N2O. The molecule has 0 radical (unpaired) electrons. The third-order valence-corrected chi connectivity index (χ3v) is 3.96. The van der Waals surface area contributed by atoms with Gasteiger partial charge in [0.1, 0.15) is 0 Å². The van der Waals surface area contributed by atoms with E-state index in [-0.39, 0.29) is 0 Å². The van der Waals surface area contributed by atoms with Crippen molar-refractivity contribution >= 4 is 0 Å². The number of fused-ring (bicyclic) bond motifs is 1. The van der Waals surface area contributed by atoms with Gasteiger partial charge in [0, 0.05) is 37.6 Å². The highest BCUT2D eigenvalue weighted by molar-refractivity contribution is 5.27. The van der Waals surface area contributed by atoms with Crippen LogP contribution in [0.15, 0.2) is 18.3 Å². The Hall–Kier alpha value is -0.930. The molecule has 1 aromatic heterocycles. The largest absolute Gasteiger partial charge is 0.385 e. The van der Waals surface area contributed by atoms with Gasteiger partial charge in [-0.3, -0.25) is 4.98 Å². The molecule has 1 aromatic rings. The Balaban J connectivity index is 2.07. The molecule has 1 N–H and O–H groups in total. The number of aromatic nitrogens is 1. The molecule has 1 heterocycles. The van der Waals surface area contributed by atoms with Crippen LogP contribution in [0, 0.1) is 0 Å². The predicted octanol–water partition coefficient (Wildman–Crippen LogP) is 2.52. The van der Waals surface area contributed by atoms with Gasteiger partial charge in [-0.1, -0.05) is 6.07 Å². The van der Waals surface area contributed by atoms with Gasteiger partial charge >= 0.3 is 0 Å². The van der Waals surface area contributed by atoms with Crippen molar-refractivity contribution in [3.05, 3.63) is 29.6 Å². The minimum absolute atomic E-state index is 0.522. The minimum atomic E-state index is 0.522. The van der Waals surface area contributed by atoms with Gasteiger partial charge in [0.05, 0.1) is 0 Å². The van der Waals surface area contributed by atoms with Crippen LogP contribution in [-0.4, -0.2) is 31.8 Å². The number of methoxy groups -OCH3 is 1. The van der Waals surface area contributed by atoms with Crippen LogP contribution >= 0.6 is 0 Å². The van der Waals surface area contributed by atoms with E-state index in [1.807, 2.05) is 6.20 Å². The number of likely N-dealkylation sites (N-methyl/N-ethyl adjacent to an activating group) is 1. The second-order valence-electron chi connectivity index (χ2n) is 5.08. The molecule has 0 bridgehead atoms. The summed E-state index contributed by atoms with van der Waals surface area (Å²) < 4.78 is 5.15. The lowest BCUT2D eigenvalue weighted by molar-refractivity contribution is 0.186. The van der Waals surface area contributed by atoms with Gasteiger partial charge in [-0.25, -0.2) is 0 Å². The molecule has 0 saturated heterocycles. The fourth-order valence-corrected chi connectivity index (χ4v) is 3.03. The molecule has 0 spiro atoms. The van der Waals surface area contributed by atoms with Gasteiger partial charge in [0.15, 0.2) is 0 Å². The van der Waals surface area contributed by atoms with Crippen molar-refractivity contribution in [1.82, 2.24) is 10.3 Å². The Morgan fingerprint density at radius 3 is 3.22 bits per heavy atom. The SMILES string of the molecule is CNC(CCCOC)C1CCCc2cccnc21. The van der Waals surface area contributed by atoms with Gasteiger partial charge in [0.25, 0.3) is 0 Å². The first-order chi connectivity index (χ1) is 8.86. The fraction of sp³-hybridized carbons (Fsp3) is 0.667. The number of nitrogens with zero attached hydrogens (tertiary/aromatic N) is 1. The van der Waals surface area contributed by atoms with Gasteiger partial charge in [0.2, 0.25) is 0 Å². The van der Waals surface area contributed by atoms with E-state index in [4.69, 9.17) is 4.74 Å². The Labute approximate surface area is 110 Å². The molecule has 2 unspecified atom stereocenters. The topological polar surface area (TPSA) is 34.1 Å². The first-order valence-corrected chi connectivity index (χ1v) is 6.96. The Bertz CT molecular complexity index is 367. The molecule has 100 valence electrons. The van der Waals surface area contributed by atoms with Crippen molar-refractivity contribution in [1.29, 1.82) is 0 Å². The average molecular weight is 248 g/mol. The summed E-state index contributed by atoms with van der Waals surface area (Å²) in [6.07, 6.45) is 7.92. The van der Waals surface area contributed by atoms with E-state index in [1.54, 1.807) is 7.11 Å². The lowest BCUT2D eigenvalue weighted by Crippen LogP contribution is -2.34. The van der Waals surface area contributed by atoms with Crippen LogP contribution in [0.2, 0.25) is 0 Å². The van der Waals surface area contributed by atoms with Crippen molar-refractivity contribution in [3.63, 3.8) is 0 Å². The normalized spacial score (nSPS) is 20.4. The lowest BCUT2D eigenvalue weighted by Gasteiger charge is -2.31. The maximum atomic E-state index is 5.15. The summed E-state index contributed by atoms with van der Waals surface area (Å²) in [5, 5.41) is 3.48. The van der Waals surface area contributed by atoms with Crippen molar-refractivity contribution in [2.45, 2.75) is 44.1 Å². The molecule has 3 heteroatoms. The van der Waals surface area contributed by atoms with Crippen molar-refractivity contribution in [2.24, 2.45) is 0 Å². The van der Waals surface area contributed by atoms with E-state index in [2.05, 4.69) is 29.5 Å². The third kappa shape index (κ3) is 3.09. The Morgan fingerprint density at radius 1 is 1.56 bits per heavy atom. The lowest BCUT2D eigenvalue weighted by atomic mass is 9.80. The molecule has 0 aliphatic heterocycles. The van der Waals surface area contributed by atoms with Crippen molar-refractivity contribution < 1.29 is 4.74 Å². The summed E-state index contributed by atoms with van der Waals surface area (Å²) in [5.74, 6) is 0.566. The molecule has 1 aliphatic carbocycles. The third-order valence-electron chi connectivity index (χ3n) is 3.96. The molecule has 0 amide bonds. The smallest absolute Gasteiger partial charge is 0.0481 e. The summed E-state index contributed by atoms with van der Waals surface area (Å²) in [4.78, 5) is 4.63. The van der Waals surface area contributed by atoms with Gasteiger partial charge in [-0.05, 0) is 50.8 Å². The summed E-state index contributed by atoms with van der Waals surface area (Å²) in [5.41, 5.74) is 2.77. The summed E-state index contributed by atoms with van der Waals surface area (Å²) in [6, 6.07) is 4.81. The fourth-order valence-electron chi connectivity index (χ4n) is 3.03. The molecule has 0 fully saturated rings. The number of aryl methyl sites for hydroxylation is 1. The van der Waals surface area contributed by atoms with Crippen LogP contribution in [0.3, 0.4) is 0 Å². The number of nitrogens with one attached hydrogen (secondary N) is 1. The van der Waals surface area contributed by atoms with Crippen molar-refractivity contribution in [3.8, 4) is 0 Å². The average Bonchev–Trinajstić information content (AvgIpc) is 2.43. The van der Waals surface area contributed by atoms with E-state index < -0.39 is 0 Å². The molecule has 0 saturated carbocycles. The molecule has 2 atom stereocenters. The van der Waals surface area contributed by atoms with Crippen LogP contribution in [0.4, 0.5) is 0 Å². The molecule has 3 nitrogen and oxygen atoms in total. The quantitative estimate of drug-likeness (QED) is 0.786. The predicted molar refractivity (Wildman–Crippen MR) is 73.9 cm³/mol. The van der Waals surface area contributed by atoms with Crippen LogP contribution < -0.4 is 5.32 Å². The maximum absolute atomic E-state index is 5.15. The first-order valence-electron chi connectivity index (χ1n) is 6.96. The second-order valence-corrected chi connectivity index (χ2v) is 5.08. The summed E-state index contributed by atoms with van der Waals surface area (Å²) >= 11 is 0. The second kappa shape index (κ2) is 6.86. The van der Waals surface area contributed by atoms with Gasteiger partial charge in [-0.15, -0.1) is 0 Å². The number of pyridine rings is 1. The molecule has 0 aromatic carbocycles. The molecule has 2 rings (SSSR count). The van der Waals surface area contributed by atoms with E-state index in [0.717, 1.165) is 19.4 Å².